The molecule has 1 fully saturated rings. The first-order chi connectivity index (χ1) is 10.0. The summed E-state index contributed by atoms with van der Waals surface area (Å²) in [7, 11) is 3.54. The quantitative estimate of drug-likeness (QED) is 0.677. The van der Waals surface area contributed by atoms with Crippen molar-refractivity contribution in [3.63, 3.8) is 0 Å². The first kappa shape index (κ1) is 15.8. The van der Waals surface area contributed by atoms with Crippen molar-refractivity contribution < 1.29 is 9.53 Å². The number of hydrogen-bond acceptors (Lipinski definition) is 5. The molecule has 0 saturated carbocycles. The Hall–Kier alpha value is -1.59. The molecule has 0 amide bonds. The third kappa shape index (κ3) is 3.74. The van der Waals surface area contributed by atoms with Gasteiger partial charge in [-0.15, -0.1) is 0 Å². The van der Waals surface area contributed by atoms with E-state index in [1.165, 1.54) is 7.11 Å². The van der Waals surface area contributed by atoms with Gasteiger partial charge in [-0.25, -0.2) is 4.79 Å². The standard InChI is InChI=1S/C16H25N3O2/c1-12-10-18(2)8-5-9-19(12)11-13-6-4-7-14(17)15(13)16(20)21-3/h4,6-7,12H,5,8-11,17H2,1-3H3. The highest BCUT2D eigenvalue weighted by molar-refractivity contribution is 5.96. The Morgan fingerprint density at radius 2 is 2.19 bits per heavy atom. The minimum atomic E-state index is -0.359. The van der Waals surface area contributed by atoms with Crippen LogP contribution >= 0.6 is 0 Å². The van der Waals surface area contributed by atoms with E-state index in [1.54, 1.807) is 6.07 Å². The number of esters is 1. The number of hydrogen-bond donors (Lipinski definition) is 1. The zero-order valence-corrected chi connectivity index (χ0v) is 13.1. The molecule has 0 bridgehead atoms. The molecule has 1 heterocycles. The van der Waals surface area contributed by atoms with Gasteiger partial charge in [-0.2, -0.15) is 0 Å². The van der Waals surface area contributed by atoms with Crippen LogP contribution in [0.1, 0.15) is 29.3 Å². The number of carbonyl (C=O) groups excluding carboxylic acids is 1. The van der Waals surface area contributed by atoms with Gasteiger partial charge < -0.3 is 15.4 Å². The van der Waals surface area contributed by atoms with Crippen molar-refractivity contribution in [2.24, 2.45) is 0 Å². The fourth-order valence-electron chi connectivity index (χ4n) is 2.98. The number of methoxy groups -OCH3 is 1. The summed E-state index contributed by atoms with van der Waals surface area (Å²) in [5.74, 6) is -0.359. The van der Waals surface area contributed by atoms with E-state index in [0.29, 0.717) is 17.3 Å². The Balaban J connectivity index is 2.22. The third-order valence-electron chi connectivity index (χ3n) is 4.13. The Kier molecular flexibility index (Phi) is 5.20. The number of nitrogens with zero attached hydrogens (tertiary/aromatic N) is 2. The van der Waals surface area contributed by atoms with E-state index in [-0.39, 0.29) is 5.97 Å². The van der Waals surface area contributed by atoms with Crippen LogP contribution in [-0.4, -0.2) is 55.6 Å². The predicted molar refractivity (Wildman–Crippen MR) is 84.2 cm³/mol. The van der Waals surface area contributed by atoms with Crippen LogP contribution in [0.3, 0.4) is 0 Å². The molecule has 116 valence electrons. The van der Waals surface area contributed by atoms with Crippen LogP contribution in [-0.2, 0) is 11.3 Å². The summed E-state index contributed by atoms with van der Waals surface area (Å²) in [5.41, 5.74) is 7.90. The van der Waals surface area contributed by atoms with Gasteiger partial charge in [0.25, 0.3) is 0 Å². The van der Waals surface area contributed by atoms with E-state index in [2.05, 4.69) is 23.8 Å². The number of anilines is 1. The average Bonchev–Trinajstić information content (AvgIpc) is 2.60. The van der Waals surface area contributed by atoms with Crippen molar-refractivity contribution in [1.29, 1.82) is 0 Å². The monoisotopic (exact) mass is 291 g/mol. The minimum absolute atomic E-state index is 0.359. The van der Waals surface area contributed by atoms with Crippen molar-refractivity contribution in [2.45, 2.75) is 25.9 Å². The largest absolute Gasteiger partial charge is 0.465 e. The number of nitrogen functional groups attached to an aromatic ring is 1. The van der Waals surface area contributed by atoms with Crippen molar-refractivity contribution in [3.05, 3.63) is 29.3 Å². The summed E-state index contributed by atoms with van der Waals surface area (Å²) in [4.78, 5) is 16.7. The summed E-state index contributed by atoms with van der Waals surface area (Å²) in [5, 5.41) is 0. The fraction of sp³-hybridized carbons (Fsp3) is 0.562. The third-order valence-corrected chi connectivity index (χ3v) is 4.13. The van der Waals surface area contributed by atoms with Crippen molar-refractivity contribution >= 4 is 11.7 Å². The summed E-state index contributed by atoms with van der Waals surface area (Å²) in [6.07, 6.45) is 1.14. The molecule has 0 spiro atoms. The molecule has 5 nitrogen and oxygen atoms in total. The molecular formula is C16H25N3O2. The lowest BCUT2D eigenvalue weighted by Gasteiger charge is -2.28. The van der Waals surface area contributed by atoms with E-state index in [1.807, 2.05) is 12.1 Å². The van der Waals surface area contributed by atoms with Crippen LogP contribution < -0.4 is 5.73 Å². The number of nitrogens with two attached hydrogens (primary N) is 1. The van der Waals surface area contributed by atoms with Gasteiger partial charge in [-0.1, -0.05) is 12.1 Å². The molecule has 1 aliphatic heterocycles. The molecule has 2 rings (SSSR count). The lowest BCUT2D eigenvalue weighted by Crippen LogP contribution is -2.37. The van der Waals surface area contributed by atoms with Gasteiger partial charge in [0, 0.05) is 31.4 Å². The number of carbonyl (C=O) groups is 1. The Bertz CT molecular complexity index is 504. The molecule has 1 aliphatic rings. The first-order valence-corrected chi connectivity index (χ1v) is 7.41. The molecule has 0 aliphatic carbocycles. The molecule has 0 radical (unpaired) electrons. The van der Waals surface area contributed by atoms with Gasteiger partial charge in [0.15, 0.2) is 0 Å². The second kappa shape index (κ2) is 6.91. The van der Waals surface area contributed by atoms with E-state index < -0.39 is 0 Å². The van der Waals surface area contributed by atoms with Gasteiger partial charge in [0.2, 0.25) is 0 Å². The molecule has 1 atom stereocenters. The number of ether oxygens (including phenoxy) is 1. The van der Waals surface area contributed by atoms with E-state index >= 15 is 0 Å². The molecule has 5 heteroatoms. The SMILES string of the molecule is COC(=O)c1c(N)cccc1CN1CCCN(C)CC1C. The first-order valence-electron chi connectivity index (χ1n) is 7.41. The maximum atomic E-state index is 12.0. The average molecular weight is 291 g/mol. The minimum Gasteiger partial charge on any atom is -0.465 e. The molecule has 1 aromatic carbocycles. The van der Waals surface area contributed by atoms with Crippen molar-refractivity contribution in [2.75, 3.05) is 39.5 Å². The number of rotatable bonds is 3. The van der Waals surface area contributed by atoms with Gasteiger partial charge >= 0.3 is 5.97 Å². The maximum Gasteiger partial charge on any atom is 0.340 e. The highest BCUT2D eigenvalue weighted by Crippen LogP contribution is 2.21. The topological polar surface area (TPSA) is 58.8 Å². The fourth-order valence-corrected chi connectivity index (χ4v) is 2.98. The molecule has 21 heavy (non-hydrogen) atoms. The van der Waals surface area contributed by atoms with Crippen molar-refractivity contribution in [1.82, 2.24) is 9.80 Å². The Morgan fingerprint density at radius 1 is 1.43 bits per heavy atom. The zero-order valence-electron chi connectivity index (χ0n) is 13.1. The van der Waals surface area contributed by atoms with Crippen LogP contribution in [0.25, 0.3) is 0 Å². The van der Waals surface area contributed by atoms with Crippen LogP contribution in [0.4, 0.5) is 5.69 Å². The van der Waals surface area contributed by atoms with Crippen molar-refractivity contribution in [3.8, 4) is 0 Å². The smallest absolute Gasteiger partial charge is 0.340 e. The molecule has 0 aromatic heterocycles. The lowest BCUT2D eigenvalue weighted by atomic mass is 10.0. The van der Waals surface area contributed by atoms with Gasteiger partial charge in [-0.3, -0.25) is 4.90 Å². The Morgan fingerprint density at radius 3 is 2.90 bits per heavy atom. The van der Waals surface area contributed by atoms with Gasteiger partial charge in [0.1, 0.15) is 0 Å². The highest BCUT2D eigenvalue weighted by Gasteiger charge is 2.22. The predicted octanol–water partition coefficient (Wildman–Crippen LogP) is 1.58. The molecule has 2 N–H and O–H groups in total. The van der Waals surface area contributed by atoms with E-state index in [9.17, 15) is 4.79 Å². The zero-order chi connectivity index (χ0) is 15.4. The van der Waals surface area contributed by atoms with Crippen LogP contribution in [0.2, 0.25) is 0 Å². The normalized spacial score (nSPS) is 21.0. The molecule has 1 aromatic rings. The summed E-state index contributed by atoms with van der Waals surface area (Å²) >= 11 is 0. The van der Waals surface area contributed by atoms with Crippen LogP contribution in [0.15, 0.2) is 18.2 Å². The summed E-state index contributed by atoms with van der Waals surface area (Å²) in [6, 6.07) is 6.05. The number of likely N-dealkylation sites (N-methyl/N-ethyl adjacent to an activating group) is 1. The Labute approximate surface area is 126 Å². The maximum absolute atomic E-state index is 12.0. The lowest BCUT2D eigenvalue weighted by molar-refractivity contribution is 0.0599. The highest BCUT2D eigenvalue weighted by atomic mass is 16.5. The number of benzene rings is 1. The van der Waals surface area contributed by atoms with Gasteiger partial charge in [-0.05, 0) is 38.6 Å². The second-order valence-electron chi connectivity index (χ2n) is 5.81. The molecule has 1 unspecified atom stereocenters. The second-order valence-corrected chi connectivity index (χ2v) is 5.81. The van der Waals surface area contributed by atoms with Crippen LogP contribution in [0.5, 0.6) is 0 Å². The summed E-state index contributed by atoms with van der Waals surface area (Å²) in [6.45, 7) is 6.13. The molecule has 1 saturated heterocycles. The summed E-state index contributed by atoms with van der Waals surface area (Å²) < 4.78 is 4.87. The van der Waals surface area contributed by atoms with Crippen LogP contribution in [0, 0.1) is 0 Å². The van der Waals surface area contributed by atoms with E-state index in [4.69, 9.17) is 10.5 Å². The molecular weight excluding hydrogens is 266 g/mol. The van der Waals surface area contributed by atoms with Gasteiger partial charge in [0.05, 0.1) is 12.7 Å². The van der Waals surface area contributed by atoms with E-state index in [0.717, 1.165) is 38.2 Å².